The van der Waals surface area contributed by atoms with Crippen LogP contribution in [0.15, 0.2) is 0 Å². The second-order valence-corrected chi connectivity index (χ2v) is 5.16. The molecule has 7 nitrogen and oxygen atoms in total. The van der Waals surface area contributed by atoms with Gasteiger partial charge in [0.15, 0.2) is 0 Å². The molecule has 0 bridgehead atoms. The minimum Gasteiger partial charge on any atom is -0.566 e. The molecule has 0 amide bonds. The first kappa shape index (κ1) is 23.3. The Bertz CT molecular complexity index is 262. The Kier molecular flexibility index (Phi) is 16.7. The van der Waals surface area contributed by atoms with Gasteiger partial charge in [-0.3, -0.25) is 5.32 Å². The molecule has 1 N–H and O–H groups in total. The van der Waals surface area contributed by atoms with Crippen molar-refractivity contribution >= 4 is 16.5 Å². The zero-order valence-corrected chi connectivity index (χ0v) is 17.0. The molecule has 0 saturated heterocycles. The van der Waals surface area contributed by atoms with Crippen LogP contribution >= 0.6 is 16.5 Å². The first-order valence-electron chi connectivity index (χ1n) is 5.46. The van der Waals surface area contributed by atoms with E-state index in [-0.39, 0.29) is 65.2 Å². The Morgan fingerprint density at radius 3 is 1.74 bits per heavy atom. The van der Waals surface area contributed by atoms with E-state index < -0.39 is 22.9 Å². The number of hydrogen-bond donors (Lipinski definition) is 1. The Hall–Kier alpha value is 2.00. The SMILES string of the molecule is O=[P+]([O-])OC(NC1CCCCCC1)O[P+](=O)[O-].[Na+].[Na+]. The minimum atomic E-state index is -3.16. The Morgan fingerprint density at radius 1 is 0.947 bits per heavy atom. The molecule has 0 aliphatic heterocycles. The fraction of sp³-hybridized carbons (Fsp3) is 1.00. The summed E-state index contributed by atoms with van der Waals surface area (Å²) < 4.78 is 29.5. The van der Waals surface area contributed by atoms with E-state index >= 15 is 0 Å². The van der Waals surface area contributed by atoms with Crippen molar-refractivity contribution in [1.82, 2.24) is 5.32 Å². The first-order chi connectivity index (χ1) is 8.08. The molecule has 0 heterocycles. The minimum absolute atomic E-state index is 0. The molecular formula is C8H15NNa2O6P2+2. The summed E-state index contributed by atoms with van der Waals surface area (Å²) in [4.78, 5) is 20.8. The summed E-state index contributed by atoms with van der Waals surface area (Å²) in [6, 6.07) is 0.0207. The zero-order chi connectivity index (χ0) is 12.7. The van der Waals surface area contributed by atoms with Crippen LogP contribution in [0.2, 0.25) is 0 Å². The third kappa shape index (κ3) is 12.2. The predicted octanol–water partition coefficient (Wildman–Crippen LogP) is -5.34. The van der Waals surface area contributed by atoms with Crippen molar-refractivity contribution in [2.75, 3.05) is 0 Å². The van der Waals surface area contributed by atoms with E-state index in [1.807, 2.05) is 0 Å². The fourth-order valence-corrected chi connectivity index (χ4v) is 2.46. The van der Waals surface area contributed by atoms with Crippen molar-refractivity contribution in [3.8, 4) is 0 Å². The van der Waals surface area contributed by atoms with E-state index in [4.69, 9.17) is 0 Å². The predicted molar refractivity (Wildman–Crippen MR) is 55.8 cm³/mol. The van der Waals surface area contributed by atoms with Gasteiger partial charge in [0, 0.05) is 6.04 Å². The summed E-state index contributed by atoms with van der Waals surface area (Å²) in [6.45, 7) is 0. The molecule has 98 valence electrons. The number of nitrogens with one attached hydrogen (secondary N) is 1. The molecule has 0 aromatic carbocycles. The molecule has 1 aliphatic carbocycles. The molecule has 1 saturated carbocycles. The van der Waals surface area contributed by atoms with Gasteiger partial charge in [0.2, 0.25) is 0 Å². The van der Waals surface area contributed by atoms with E-state index in [1.165, 1.54) is 0 Å². The van der Waals surface area contributed by atoms with Gasteiger partial charge >= 0.3 is 82.0 Å². The molecule has 1 rings (SSSR count). The second kappa shape index (κ2) is 13.6. The third-order valence-electron chi connectivity index (χ3n) is 2.59. The Balaban J connectivity index is 0. The van der Waals surface area contributed by atoms with E-state index in [0.29, 0.717) is 0 Å². The Morgan fingerprint density at radius 2 is 1.37 bits per heavy atom. The maximum absolute atomic E-state index is 10.4. The quantitative estimate of drug-likeness (QED) is 0.224. The largest absolute Gasteiger partial charge is 1.00 e. The van der Waals surface area contributed by atoms with Crippen molar-refractivity contribution in [2.24, 2.45) is 0 Å². The number of rotatable bonds is 6. The van der Waals surface area contributed by atoms with E-state index in [9.17, 15) is 18.9 Å². The summed E-state index contributed by atoms with van der Waals surface area (Å²) in [7, 11) is -6.32. The monoisotopic (exact) mass is 329 g/mol. The Labute approximate surface area is 158 Å². The molecule has 1 fully saturated rings. The van der Waals surface area contributed by atoms with Crippen LogP contribution < -0.4 is 74.2 Å². The van der Waals surface area contributed by atoms with E-state index in [2.05, 4.69) is 14.4 Å². The summed E-state index contributed by atoms with van der Waals surface area (Å²) in [5.41, 5.74) is 0. The molecule has 2 atom stereocenters. The van der Waals surface area contributed by atoms with Crippen LogP contribution in [0.3, 0.4) is 0 Å². The van der Waals surface area contributed by atoms with Gasteiger partial charge in [0.25, 0.3) is 0 Å². The van der Waals surface area contributed by atoms with Crippen molar-refractivity contribution in [1.29, 1.82) is 0 Å². The second-order valence-electron chi connectivity index (χ2n) is 3.85. The summed E-state index contributed by atoms with van der Waals surface area (Å²) in [6.07, 6.45) is 4.59. The maximum atomic E-state index is 10.4. The van der Waals surface area contributed by atoms with Gasteiger partial charge in [-0.1, -0.05) is 34.7 Å². The molecule has 0 radical (unpaired) electrons. The van der Waals surface area contributed by atoms with Gasteiger partial charge in [-0.05, 0) is 22.0 Å². The third-order valence-corrected chi connectivity index (χ3v) is 3.32. The molecule has 0 aromatic rings. The summed E-state index contributed by atoms with van der Waals surface area (Å²) in [5, 5.41) is 2.75. The van der Waals surface area contributed by atoms with Gasteiger partial charge in [-0.25, -0.2) is 0 Å². The smallest absolute Gasteiger partial charge is 0.566 e. The van der Waals surface area contributed by atoms with Crippen LogP contribution in [0.5, 0.6) is 0 Å². The van der Waals surface area contributed by atoms with Gasteiger partial charge in [0.05, 0.1) is 0 Å². The van der Waals surface area contributed by atoms with Crippen molar-refractivity contribution in [3.63, 3.8) is 0 Å². The zero-order valence-electron chi connectivity index (χ0n) is 11.2. The van der Waals surface area contributed by atoms with E-state index in [1.54, 1.807) is 0 Å². The van der Waals surface area contributed by atoms with Crippen LogP contribution in [-0.2, 0) is 18.2 Å². The fourth-order valence-electron chi connectivity index (χ4n) is 1.87. The standard InChI is InChI=1S/C8H15NO6P2.2Na/c10-16(11)14-8(15-17(12)13)9-7-5-3-1-2-4-6-7;;/h7-9H,1-6H2;;/q;2*+1. The molecule has 0 spiro atoms. The summed E-state index contributed by atoms with van der Waals surface area (Å²) >= 11 is 0. The maximum Gasteiger partial charge on any atom is 1.00 e. The molecule has 0 aromatic heterocycles. The van der Waals surface area contributed by atoms with Crippen molar-refractivity contribution in [2.45, 2.75) is 51.0 Å². The van der Waals surface area contributed by atoms with Gasteiger partial charge in [-0.15, -0.1) is 0 Å². The van der Waals surface area contributed by atoms with Gasteiger partial charge in [-0.2, -0.15) is 0 Å². The summed E-state index contributed by atoms with van der Waals surface area (Å²) in [5.74, 6) is 0. The van der Waals surface area contributed by atoms with Crippen molar-refractivity contribution in [3.05, 3.63) is 0 Å². The molecule has 1 aliphatic rings. The average Bonchev–Trinajstić information content (AvgIpc) is 2.44. The van der Waals surface area contributed by atoms with Crippen LogP contribution in [-0.4, -0.2) is 12.5 Å². The van der Waals surface area contributed by atoms with Crippen molar-refractivity contribution < 1.29 is 87.1 Å². The van der Waals surface area contributed by atoms with Crippen LogP contribution in [0.25, 0.3) is 0 Å². The molecule has 2 unspecified atom stereocenters. The molecule has 11 heteroatoms. The van der Waals surface area contributed by atoms with E-state index in [0.717, 1.165) is 38.5 Å². The first-order valence-corrected chi connectivity index (χ1v) is 7.65. The average molecular weight is 329 g/mol. The van der Waals surface area contributed by atoms with Crippen LogP contribution in [0.4, 0.5) is 0 Å². The normalized spacial score (nSPS) is 19.5. The van der Waals surface area contributed by atoms with Crippen LogP contribution in [0, 0.1) is 0 Å². The molecule has 19 heavy (non-hydrogen) atoms. The van der Waals surface area contributed by atoms with Gasteiger partial charge in [0.1, 0.15) is 0 Å². The number of hydrogen-bond acceptors (Lipinski definition) is 7. The van der Waals surface area contributed by atoms with Crippen LogP contribution in [0.1, 0.15) is 38.5 Å². The van der Waals surface area contributed by atoms with Gasteiger partial charge < -0.3 is 9.79 Å². The molecular weight excluding hydrogens is 314 g/mol. The topological polar surface area (TPSA) is 111 Å².